The van der Waals surface area contributed by atoms with Gasteiger partial charge in [0.2, 0.25) is 0 Å². The highest BCUT2D eigenvalue weighted by Crippen LogP contribution is 2.35. The first-order chi connectivity index (χ1) is 9.58. The minimum atomic E-state index is -0.599. The summed E-state index contributed by atoms with van der Waals surface area (Å²) in [5.41, 5.74) is 6.30. The Balaban J connectivity index is 2.10. The minimum Gasteiger partial charge on any atom is -0.369 e. The topological polar surface area (TPSA) is 72.9 Å². The van der Waals surface area contributed by atoms with Crippen molar-refractivity contribution >= 4 is 27.7 Å². The Morgan fingerprint density at radius 3 is 3.05 bits per heavy atom. The smallest absolute Gasteiger partial charge is 0.270 e. The number of primary amides is 1. The van der Waals surface area contributed by atoms with E-state index in [9.17, 15) is 9.18 Å². The first-order valence-electron chi connectivity index (χ1n) is 6.15. The van der Waals surface area contributed by atoms with E-state index in [-0.39, 0.29) is 17.6 Å². The zero-order chi connectivity index (χ0) is 14.3. The number of carbonyl (C=O) groups is 1. The number of anilines is 1. The van der Waals surface area contributed by atoms with Crippen molar-refractivity contribution in [3.05, 3.63) is 45.8 Å². The highest BCUT2D eigenvalue weighted by molar-refractivity contribution is 9.10. The van der Waals surface area contributed by atoms with Crippen molar-refractivity contribution in [1.82, 2.24) is 9.78 Å². The molecule has 2 aromatic rings. The average Bonchev–Trinajstić information content (AvgIpc) is 2.76. The molecule has 0 fully saturated rings. The fourth-order valence-corrected chi connectivity index (χ4v) is 3.02. The Morgan fingerprint density at radius 2 is 2.35 bits per heavy atom. The first kappa shape index (κ1) is 13.1. The number of aromatic nitrogens is 2. The number of carbonyl (C=O) groups excluding carboxylic acids is 1. The van der Waals surface area contributed by atoms with Crippen LogP contribution in [0, 0.1) is 5.82 Å². The molecule has 1 aliphatic rings. The molecule has 7 heteroatoms. The zero-order valence-electron chi connectivity index (χ0n) is 10.4. The van der Waals surface area contributed by atoms with Gasteiger partial charge in [-0.05, 0) is 40.0 Å². The van der Waals surface area contributed by atoms with Crippen LogP contribution in [0.5, 0.6) is 0 Å². The van der Waals surface area contributed by atoms with Gasteiger partial charge in [0, 0.05) is 6.54 Å². The highest BCUT2D eigenvalue weighted by atomic mass is 79.9. The van der Waals surface area contributed by atoms with E-state index in [0.29, 0.717) is 16.8 Å². The average molecular weight is 339 g/mol. The van der Waals surface area contributed by atoms with Crippen LogP contribution < -0.4 is 11.1 Å². The third-order valence-electron chi connectivity index (χ3n) is 3.32. The molecule has 0 bridgehead atoms. The van der Waals surface area contributed by atoms with Crippen LogP contribution in [0.25, 0.3) is 0 Å². The Bertz CT molecular complexity index is 685. The number of rotatable bonds is 2. The SMILES string of the molecule is NC(=O)c1nn2c(c1Br)NCCC2c1cccc(F)c1. The molecule has 3 rings (SSSR count). The van der Waals surface area contributed by atoms with Crippen LogP contribution >= 0.6 is 15.9 Å². The summed E-state index contributed by atoms with van der Waals surface area (Å²) < 4.78 is 15.6. The van der Waals surface area contributed by atoms with Gasteiger partial charge in [-0.15, -0.1) is 0 Å². The maximum atomic E-state index is 13.4. The maximum absolute atomic E-state index is 13.4. The number of hydrogen-bond donors (Lipinski definition) is 2. The lowest BCUT2D eigenvalue weighted by Gasteiger charge is -2.26. The number of amides is 1. The number of hydrogen-bond acceptors (Lipinski definition) is 3. The van der Waals surface area contributed by atoms with Crippen molar-refractivity contribution in [3.8, 4) is 0 Å². The van der Waals surface area contributed by atoms with Crippen LogP contribution in [0.1, 0.15) is 28.5 Å². The Kier molecular flexibility index (Phi) is 3.21. The van der Waals surface area contributed by atoms with Gasteiger partial charge in [-0.25, -0.2) is 9.07 Å². The third kappa shape index (κ3) is 2.07. The molecule has 1 aliphatic heterocycles. The molecular formula is C13H12BrFN4O. The molecule has 0 saturated carbocycles. The molecule has 0 spiro atoms. The summed E-state index contributed by atoms with van der Waals surface area (Å²) in [6.45, 7) is 0.712. The van der Waals surface area contributed by atoms with Crippen LogP contribution in [-0.4, -0.2) is 22.2 Å². The van der Waals surface area contributed by atoms with Crippen molar-refractivity contribution in [2.45, 2.75) is 12.5 Å². The zero-order valence-corrected chi connectivity index (χ0v) is 12.0. The van der Waals surface area contributed by atoms with Crippen molar-refractivity contribution in [2.75, 3.05) is 11.9 Å². The molecule has 20 heavy (non-hydrogen) atoms. The second-order valence-corrected chi connectivity index (χ2v) is 5.40. The number of halogens is 2. The molecule has 1 aromatic carbocycles. The van der Waals surface area contributed by atoms with E-state index in [4.69, 9.17) is 5.73 Å². The monoisotopic (exact) mass is 338 g/mol. The summed E-state index contributed by atoms with van der Waals surface area (Å²) in [5, 5.41) is 7.42. The van der Waals surface area contributed by atoms with Gasteiger partial charge < -0.3 is 11.1 Å². The van der Waals surface area contributed by atoms with Gasteiger partial charge in [-0.1, -0.05) is 12.1 Å². The van der Waals surface area contributed by atoms with E-state index in [2.05, 4.69) is 26.3 Å². The van der Waals surface area contributed by atoms with Crippen LogP contribution in [0.15, 0.2) is 28.7 Å². The number of benzene rings is 1. The van der Waals surface area contributed by atoms with Gasteiger partial charge in [0.1, 0.15) is 11.6 Å². The molecule has 1 unspecified atom stereocenters. The lowest BCUT2D eigenvalue weighted by Crippen LogP contribution is -2.24. The normalized spacial score (nSPS) is 17.4. The third-order valence-corrected chi connectivity index (χ3v) is 4.08. The summed E-state index contributed by atoms with van der Waals surface area (Å²) in [6, 6.07) is 6.28. The van der Waals surface area contributed by atoms with Gasteiger partial charge in [0.15, 0.2) is 5.69 Å². The largest absolute Gasteiger partial charge is 0.369 e. The lowest BCUT2D eigenvalue weighted by molar-refractivity contribution is 0.0994. The molecule has 2 heterocycles. The fraction of sp³-hybridized carbons (Fsp3) is 0.231. The van der Waals surface area contributed by atoms with Crippen molar-refractivity contribution in [3.63, 3.8) is 0 Å². The number of fused-ring (bicyclic) bond motifs is 1. The Labute approximate surface area is 123 Å². The molecule has 1 amide bonds. The summed E-state index contributed by atoms with van der Waals surface area (Å²) in [4.78, 5) is 11.4. The van der Waals surface area contributed by atoms with Crippen LogP contribution in [0.3, 0.4) is 0 Å². The van der Waals surface area contributed by atoms with E-state index in [0.717, 1.165) is 12.0 Å². The van der Waals surface area contributed by atoms with Crippen LogP contribution in [0.4, 0.5) is 10.2 Å². The second kappa shape index (κ2) is 4.90. The molecule has 1 aromatic heterocycles. The Morgan fingerprint density at radius 1 is 1.55 bits per heavy atom. The molecule has 3 N–H and O–H groups in total. The summed E-state index contributed by atoms with van der Waals surface area (Å²) in [6.07, 6.45) is 0.753. The van der Waals surface area contributed by atoms with Crippen molar-refractivity contribution in [1.29, 1.82) is 0 Å². The molecule has 0 radical (unpaired) electrons. The number of nitrogens with one attached hydrogen (secondary N) is 1. The molecule has 104 valence electrons. The molecule has 5 nitrogen and oxygen atoms in total. The minimum absolute atomic E-state index is 0.119. The summed E-state index contributed by atoms with van der Waals surface area (Å²) in [5.74, 6) is -0.193. The fourth-order valence-electron chi connectivity index (χ4n) is 2.43. The lowest BCUT2D eigenvalue weighted by atomic mass is 10.0. The van der Waals surface area contributed by atoms with Crippen LogP contribution in [-0.2, 0) is 0 Å². The Hall–Kier alpha value is -1.89. The maximum Gasteiger partial charge on any atom is 0.270 e. The summed E-state index contributed by atoms with van der Waals surface area (Å²) in [7, 11) is 0. The molecular weight excluding hydrogens is 327 g/mol. The summed E-state index contributed by atoms with van der Waals surface area (Å²) >= 11 is 3.33. The molecule has 1 atom stereocenters. The van der Waals surface area contributed by atoms with Crippen molar-refractivity contribution < 1.29 is 9.18 Å². The van der Waals surface area contributed by atoms with E-state index in [1.165, 1.54) is 12.1 Å². The van der Waals surface area contributed by atoms with Gasteiger partial charge in [0.25, 0.3) is 5.91 Å². The van der Waals surface area contributed by atoms with Gasteiger partial charge >= 0.3 is 0 Å². The quantitative estimate of drug-likeness (QED) is 0.882. The number of nitrogens with two attached hydrogens (primary N) is 1. The van der Waals surface area contributed by atoms with Gasteiger partial charge in [-0.2, -0.15) is 5.10 Å². The second-order valence-electron chi connectivity index (χ2n) is 4.61. The van der Waals surface area contributed by atoms with Crippen molar-refractivity contribution in [2.24, 2.45) is 5.73 Å². The van der Waals surface area contributed by atoms with Crippen LogP contribution in [0.2, 0.25) is 0 Å². The molecule has 0 saturated heterocycles. The highest BCUT2D eigenvalue weighted by Gasteiger charge is 2.28. The van der Waals surface area contributed by atoms with E-state index < -0.39 is 5.91 Å². The molecule has 0 aliphatic carbocycles. The number of nitrogens with zero attached hydrogens (tertiary/aromatic N) is 2. The predicted octanol–water partition coefficient (Wildman–Crippen LogP) is 2.29. The van der Waals surface area contributed by atoms with Gasteiger partial charge in [-0.3, -0.25) is 4.79 Å². The van der Waals surface area contributed by atoms with Gasteiger partial charge in [0.05, 0.1) is 10.5 Å². The first-order valence-corrected chi connectivity index (χ1v) is 6.94. The van der Waals surface area contributed by atoms with E-state index >= 15 is 0 Å². The van der Waals surface area contributed by atoms with E-state index in [1.807, 2.05) is 6.07 Å². The van der Waals surface area contributed by atoms with E-state index in [1.54, 1.807) is 10.7 Å². The predicted molar refractivity (Wildman–Crippen MR) is 76.1 cm³/mol. The standard InChI is InChI=1S/C13H12BrFN4O/c14-10-11(12(16)20)18-19-9(4-5-17-13(10)19)7-2-1-3-8(15)6-7/h1-3,6,9,17H,4-5H2,(H2,16,20).